The normalized spacial score (nSPS) is 12.6. The van der Waals surface area contributed by atoms with E-state index in [1.54, 1.807) is 12.1 Å². The van der Waals surface area contributed by atoms with Crippen molar-refractivity contribution < 1.29 is 4.39 Å². The molecule has 1 aromatic carbocycles. The number of rotatable bonds is 11. The molecule has 0 amide bonds. The summed E-state index contributed by atoms with van der Waals surface area (Å²) in [4.78, 5) is 0. The van der Waals surface area contributed by atoms with Gasteiger partial charge in [-0.2, -0.15) is 0 Å². The van der Waals surface area contributed by atoms with E-state index in [4.69, 9.17) is 0 Å². The van der Waals surface area contributed by atoms with Crippen LogP contribution in [0.2, 0.25) is 0 Å². The molecule has 0 heterocycles. The van der Waals surface area contributed by atoms with Crippen LogP contribution in [0.25, 0.3) is 0 Å². The molecule has 1 nitrogen and oxygen atoms in total. The van der Waals surface area contributed by atoms with E-state index in [-0.39, 0.29) is 5.82 Å². The molecule has 1 aromatic rings. The third-order valence-electron chi connectivity index (χ3n) is 3.79. The summed E-state index contributed by atoms with van der Waals surface area (Å²) >= 11 is 0. The second kappa shape index (κ2) is 10.8. The van der Waals surface area contributed by atoms with Crippen molar-refractivity contribution in [2.24, 2.45) is 5.92 Å². The average molecular weight is 279 g/mol. The summed E-state index contributed by atoms with van der Waals surface area (Å²) in [6.07, 6.45) is 8.36. The van der Waals surface area contributed by atoms with E-state index in [2.05, 4.69) is 19.2 Å². The maximum atomic E-state index is 13.8. The van der Waals surface area contributed by atoms with E-state index >= 15 is 0 Å². The van der Waals surface area contributed by atoms with Crippen molar-refractivity contribution in [1.82, 2.24) is 5.32 Å². The van der Waals surface area contributed by atoms with Crippen LogP contribution in [0.3, 0.4) is 0 Å². The highest BCUT2D eigenvalue weighted by atomic mass is 19.1. The number of hydrogen-bond acceptors (Lipinski definition) is 1. The van der Waals surface area contributed by atoms with E-state index in [1.807, 2.05) is 12.1 Å². The molecule has 1 rings (SSSR count). The Morgan fingerprint density at radius 2 is 1.85 bits per heavy atom. The van der Waals surface area contributed by atoms with Gasteiger partial charge in [0.2, 0.25) is 0 Å². The van der Waals surface area contributed by atoms with Crippen LogP contribution in [-0.2, 0) is 6.42 Å². The van der Waals surface area contributed by atoms with Crippen LogP contribution >= 0.6 is 0 Å². The average Bonchev–Trinajstić information content (AvgIpc) is 2.46. The number of hydrogen-bond donors (Lipinski definition) is 1. The van der Waals surface area contributed by atoms with Gasteiger partial charge in [-0.25, -0.2) is 4.39 Å². The van der Waals surface area contributed by atoms with Crippen molar-refractivity contribution in [1.29, 1.82) is 0 Å². The highest BCUT2D eigenvalue weighted by Gasteiger charge is 2.11. The fourth-order valence-corrected chi connectivity index (χ4v) is 2.59. The third-order valence-corrected chi connectivity index (χ3v) is 3.79. The fourth-order valence-electron chi connectivity index (χ4n) is 2.59. The molecule has 1 atom stereocenters. The zero-order valence-corrected chi connectivity index (χ0v) is 13.1. The molecule has 0 saturated heterocycles. The highest BCUT2D eigenvalue weighted by Crippen LogP contribution is 2.18. The molecule has 1 N–H and O–H groups in total. The molecule has 0 saturated carbocycles. The lowest BCUT2D eigenvalue weighted by molar-refractivity contribution is 0.415. The van der Waals surface area contributed by atoms with E-state index in [9.17, 15) is 4.39 Å². The number of halogens is 1. The molecule has 0 aliphatic carbocycles. The minimum Gasteiger partial charge on any atom is -0.316 e. The maximum Gasteiger partial charge on any atom is 0.126 e. The minimum atomic E-state index is -0.0541. The van der Waals surface area contributed by atoms with E-state index in [0.29, 0.717) is 5.92 Å². The van der Waals surface area contributed by atoms with Crippen LogP contribution in [0.5, 0.6) is 0 Å². The van der Waals surface area contributed by atoms with Crippen molar-refractivity contribution in [3.63, 3.8) is 0 Å². The zero-order valence-electron chi connectivity index (χ0n) is 13.1. The highest BCUT2D eigenvalue weighted by molar-refractivity contribution is 5.17. The lowest BCUT2D eigenvalue weighted by atomic mass is 9.93. The van der Waals surface area contributed by atoms with E-state index < -0.39 is 0 Å². The van der Waals surface area contributed by atoms with E-state index in [0.717, 1.165) is 31.5 Å². The van der Waals surface area contributed by atoms with Crippen molar-refractivity contribution in [2.45, 2.75) is 58.8 Å². The van der Waals surface area contributed by atoms with Crippen LogP contribution < -0.4 is 5.32 Å². The molecule has 114 valence electrons. The molecule has 0 fully saturated rings. The largest absolute Gasteiger partial charge is 0.316 e. The molecule has 0 aliphatic rings. The summed E-state index contributed by atoms with van der Waals surface area (Å²) < 4.78 is 13.8. The van der Waals surface area contributed by atoms with Gasteiger partial charge in [0.25, 0.3) is 0 Å². The Bertz CT molecular complexity index is 351. The Hall–Kier alpha value is -0.890. The topological polar surface area (TPSA) is 12.0 Å². The van der Waals surface area contributed by atoms with Gasteiger partial charge in [0.15, 0.2) is 0 Å². The smallest absolute Gasteiger partial charge is 0.126 e. The van der Waals surface area contributed by atoms with E-state index in [1.165, 1.54) is 32.1 Å². The lowest BCUT2D eigenvalue weighted by Crippen LogP contribution is -2.25. The Morgan fingerprint density at radius 1 is 1.05 bits per heavy atom. The maximum absolute atomic E-state index is 13.8. The van der Waals surface area contributed by atoms with Gasteiger partial charge in [0.05, 0.1) is 0 Å². The Kier molecular flexibility index (Phi) is 9.31. The monoisotopic (exact) mass is 279 g/mol. The van der Waals surface area contributed by atoms with Crippen LogP contribution in [0.15, 0.2) is 24.3 Å². The van der Waals surface area contributed by atoms with Crippen molar-refractivity contribution in [2.75, 3.05) is 13.1 Å². The Morgan fingerprint density at radius 3 is 2.55 bits per heavy atom. The van der Waals surface area contributed by atoms with Gasteiger partial charge in [-0.15, -0.1) is 0 Å². The third kappa shape index (κ3) is 7.04. The molecule has 0 bridgehead atoms. The van der Waals surface area contributed by atoms with Gasteiger partial charge in [-0.05, 0) is 49.9 Å². The number of benzene rings is 1. The molecule has 20 heavy (non-hydrogen) atoms. The van der Waals surface area contributed by atoms with Gasteiger partial charge in [0.1, 0.15) is 5.82 Å². The lowest BCUT2D eigenvalue weighted by Gasteiger charge is -2.18. The van der Waals surface area contributed by atoms with Crippen LogP contribution in [0.4, 0.5) is 4.39 Å². The minimum absolute atomic E-state index is 0.0541. The van der Waals surface area contributed by atoms with Gasteiger partial charge in [-0.3, -0.25) is 0 Å². The van der Waals surface area contributed by atoms with Crippen molar-refractivity contribution in [3.05, 3.63) is 35.6 Å². The molecule has 2 heteroatoms. The summed E-state index contributed by atoms with van der Waals surface area (Å²) in [7, 11) is 0. The first-order valence-electron chi connectivity index (χ1n) is 8.22. The zero-order chi connectivity index (χ0) is 14.6. The summed E-state index contributed by atoms with van der Waals surface area (Å²) in [5, 5.41) is 3.49. The summed E-state index contributed by atoms with van der Waals surface area (Å²) in [6.45, 7) is 6.48. The molecule has 0 spiro atoms. The molecule has 0 radical (unpaired) electrons. The van der Waals surface area contributed by atoms with Crippen LogP contribution in [0, 0.1) is 11.7 Å². The first kappa shape index (κ1) is 17.2. The Labute approximate surface area is 124 Å². The van der Waals surface area contributed by atoms with Gasteiger partial charge >= 0.3 is 0 Å². The molecule has 0 aromatic heterocycles. The van der Waals surface area contributed by atoms with Gasteiger partial charge in [-0.1, -0.05) is 57.7 Å². The Balaban J connectivity index is 2.46. The molecular weight excluding hydrogens is 249 g/mol. The SMILES string of the molecule is CCCCCCC(CNCCC)Cc1ccccc1F. The summed E-state index contributed by atoms with van der Waals surface area (Å²) in [5.74, 6) is 0.497. The first-order valence-corrected chi connectivity index (χ1v) is 8.22. The van der Waals surface area contributed by atoms with Crippen molar-refractivity contribution >= 4 is 0 Å². The predicted octanol–water partition coefficient (Wildman–Crippen LogP) is 4.95. The summed E-state index contributed by atoms with van der Waals surface area (Å²) in [5.41, 5.74) is 0.867. The number of unbranched alkanes of at least 4 members (excludes halogenated alkanes) is 3. The van der Waals surface area contributed by atoms with Crippen molar-refractivity contribution in [3.8, 4) is 0 Å². The number of nitrogens with one attached hydrogen (secondary N) is 1. The molecule has 1 unspecified atom stereocenters. The molecular formula is C18H30FN. The van der Waals surface area contributed by atoms with Gasteiger partial charge in [0, 0.05) is 0 Å². The molecule has 0 aliphatic heterocycles. The summed E-state index contributed by atoms with van der Waals surface area (Å²) in [6, 6.07) is 7.20. The van der Waals surface area contributed by atoms with Gasteiger partial charge < -0.3 is 5.32 Å². The first-order chi connectivity index (χ1) is 9.77. The van der Waals surface area contributed by atoms with Crippen LogP contribution in [0.1, 0.15) is 57.9 Å². The second-order valence-electron chi connectivity index (χ2n) is 5.72. The fraction of sp³-hybridized carbons (Fsp3) is 0.667. The predicted molar refractivity (Wildman–Crippen MR) is 85.5 cm³/mol. The quantitative estimate of drug-likeness (QED) is 0.565. The van der Waals surface area contributed by atoms with Crippen LogP contribution in [-0.4, -0.2) is 13.1 Å². The second-order valence-corrected chi connectivity index (χ2v) is 5.72. The standard InChI is InChI=1S/C18H30FN/c1-3-5-6-7-10-16(15-20-13-4-2)14-17-11-8-9-12-18(17)19/h8-9,11-12,16,20H,3-7,10,13-15H2,1-2H3.